The first-order valence-corrected chi connectivity index (χ1v) is 9.52. The minimum absolute atomic E-state index is 0.415. The van der Waals surface area contributed by atoms with E-state index in [1.54, 1.807) is 18.8 Å². The molecule has 0 aromatic heterocycles. The third-order valence-electron chi connectivity index (χ3n) is 3.20. The number of hydrogen-bond donors (Lipinski definition) is 3. The second-order valence-electron chi connectivity index (χ2n) is 6.60. The Hall–Kier alpha value is -1.89. The summed E-state index contributed by atoms with van der Waals surface area (Å²) in [4.78, 5) is 17.0. The molecule has 0 atom stereocenters. The van der Waals surface area contributed by atoms with Crippen molar-refractivity contribution < 1.29 is 9.53 Å². The van der Waals surface area contributed by atoms with Gasteiger partial charge in [0.05, 0.1) is 0 Å². The van der Waals surface area contributed by atoms with E-state index in [1.807, 2.05) is 20.8 Å². The fraction of sp³-hybridized carbons (Fsp3) is 0.556. The van der Waals surface area contributed by atoms with Crippen LogP contribution in [0.1, 0.15) is 31.9 Å². The fourth-order valence-electron chi connectivity index (χ4n) is 2.06. The lowest BCUT2D eigenvalue weighted by molar-refractivity contribution is 0.0529. The second-order valence-corrected chi connectivity index (χ2v) is 7.44. The molecule has 3 N–H and O–H groups in total. The number of aryl methyl sites for hydroxylation is 1. The first-order valence-electron chi connectivity index (χ1n) is 8.30. The Morgan fingerprint density at radius 1 is 1.20 bits per heavy atom. The molecule has 0 aliphatic heterocycles. The number of hydrogen-bond acceptors (Lipinski definition) is 4. The lowest BCUT2D eigenvalue weighted by atomic mass is 10.1. The highest BCUT2D eigenvalue weighted by atomic mass is 32.2. The van der Waals surface area contributed by atoms with Gasteiger partial charge in [-0.25, -0.2) is 4.79 Å². The Kier molecular flexibility index (Phi) is 8.61. The molecule has 6 nitrogen and oxygen atoms in total. The molecule has 140 valence electrons. The van der Waals surface area contributed by atoms with Gasteiger partial charge in [-0.15, -0.1) is 11.8 Å². The molecule has 0 aliphatic rings. The van der Waals surface area contributed by atoms with Gasteiger partial charge in [0.2, 0.25) is 0 Å². The lowest BCUT2D eigenvalue weighted by Gasteiger charge is -2.20. The van der Waals surface area contributed by atoms with Crippen molar-refractivity contribution in [2.45, 2.75) is 44.7 Å². The van der Waals surface area contributed by atoms with Gasteiger partial charge in [-0.1, -0.05) is 12.1 Å². The summed E-state index contributed by atoms with van der Waals surface area (Å²) < 4.78 is 5.19. The van der Waals surface area contributed by atoms with Crippen molar-refractivity contribution in [1.82, 2.24) is 16.0 Å². The summed E-state index contributed by atoms with van der Waals surface area (Å²) in [5.74, 6) is 0.693. The molecule has 0 heterocycles. The zero-order valence-corrected chi connectivity index (χ0v) is 16.8. The van der Waals surface area contributed by atoms with E-state index in [0.717, 1.165) is 0 Å². The monoisotopic (exact) mass is 366 g/mol. The van der Waals surface area contributed by atoms with E-state index < -0.39 is 11.7 Å². The molecule has 1 rings (SSSR count). The van der Waals surface area contributed by atoms with Crippen LogP contribution in [0.5, 0.6) is 0 Å². The third kappa shape index (κ3) is 8.67. The van der Waals surface area contributed by atoms with E-state index in [2.05, 4.69) is 52.3 Å². The minimum Gasteiger partial charge on any atom is -0.444 e. The van der Waals surface area contributed by atoms with Crippen molar-refractivity contribution in [2.75, 3.05) is 26.4 Å². The molecule has 25 heavy (non-hydrogen) atoms. The van der Waals surface area contributed by atoms with Gasteiger partial charge in [-0.2, -0.15) is 0 Å². The van der Waals surface area contributed by atoms with E-state index in [4.69, 9.17) is 4.74 Å². The van der Waals surface area contributed by atoms with Crippen molar-refractivity contribution in [3.63, 3.8) is 0 Å². The smallest absolute Gasteiger partial charge is 0.407 e. The highest BCUT2D eigenvalue weighted by Gasteiger charge is 2.15. The molecule has 1 aromatic carbocycles. The number of ether oxygens (including phenoxy) is 1. The summed E-state index contributed by atoms with van der Waals surface area (Å²) in [7, 11) is 1.72. The van der Waals surface area contributed by atoms with E-state index >= 15 is 0 Å². The molecule has 0 bridgehead atoms. The van der Waals surface area contributed by atoms with Gasteiger partial charge in [0, 0.05) is 31.6 Å². The summed E-state index contributed by atoms with van der Waals surface area (Å²) >= 11 is 1.74. The Balaban J connectivity index is 2.37. The normalized spacial score (nSPS) is 11.8. The molecule has 0 saturated heterocycles. The van der Waals surface area contributed by atoms with E-state index in [9.17, 15) is 4.79 Å². The van der Waals surface area contributed by atoms with Crippen LogP contribution in [0, 0.1) is 6.92 Å². The highest BCUT2D eigenvalue weighted by molar-refractivity contribution is 7.98. The predicted molar refractivity (Wildman–Crippen MR) is 105 cm³/mol. The molecule has 7 heteroatoms. The first kappa shape index (κ1) is 21.2. The zero-order chi connectivity index (χ0) is 18.9. The molecule has 0 radical (unpaired) electrons. The Bertz CT molecular complexity index is 597. The maximum atomic E-state index is 11.6. The molecule has 0 fully saturated rings. The molecule has 0 aliphatic carbocycles. The van der Waals surface area contributed by atoms with Crippen LogP contribution in [0.4, 0.5) is 4.79 Å². The van der Waals surface area contributed by atoms with E-state index in [0.29, 0.717) is 25.6 Å². The number of amides is 1. The average Bonchev–Trinajstić information content (AvgIpc) is 2.53. The SMILES string of the molecule is CN=C(NCCNC(=O)OC(C)(C)C)NCc1ccc(C)cc1SC. The summed E-state index contributed by atoms with van der Waals surface area (Å²) in [6, 6.07) is 6.42. The Labute approximate surface area is 155 Å². The maximum absolute atomic E-state index is 11.6. The van der Waals surface area contributed by atoms with E-state index in [1.165, 1.54) is 16.0 Å². The maximum Gasteiger partial charge on any atom is 0.407 e. The number of carbonyl (C=O) groups is 1. The van der Waals surface area contributed by atoms with E-state index in [-0.39, 0.29) is 0 Å². The minimum atomic E-state index is -0.488. The highest BCUT2D eigenvalue weighted by Crippen LogP contribution is 2.21. The van der Waals surface area contributed by atoms with Crippen molar-refractivity contribution in [1.29, 1.82) is 0 Å². The molecule has 1 aromatic rings. The summed E-state index contributed by atoms with van der Waals surface area (Å²) in [6.45, 7) is 9.31. The van der Waals surface area contributed by atoms with Crippen LogP contribution >= 0.6 is 11.8 Å². The van der Waals surface area contributed by atoms with Crippen LogP contribution in [0.3, 0.4) is 0 Å². The topological polar surface area (TPSA) is 74.8 Å². The van der Waals surface area contributed by atoms with Crippen LogP contribution in [0.15, 0.2) is 28.1 Å². The van der Waals surface area contributed by atoms with Gasteiger partial charge in [0.1, 0.15) is 5.60 Å². The van der Waals surface area contributed by atoms with Crippen molar-refractivity contribution in [3.8, 4) is 0 Å². The molecule has 0 unspecified atom stereocenters. The zero-order valence-electron chi connectivity index (χ0n) is 16.0. The number of nitrogens with one attached hydrogen (secondary N) is 3. The third-order valence-corrected chi connectivity index (χ3v) is 4.02. The second kappa shape index (κ2) is 10.2. The largest absolute Gasteiger partial charge is 0.444 e. The molecular formula is C18H30N4O2S. The van der Waals surface area contributed by atoms with Gasteiger partial charge in [0.15, 0.2) is 5.96 Å². The van der Waals surface area contributed by atoms with Crippen molar-refractivity contribution in [2.24, 2.45) is 4.99 Å². The fourth-order valence-corrected chi connectivity index (χ4v) is 2.76. The molecule has 1 amide bonds. The van der Waals surface area contributed by atoms with Crippen LogP contribution in [-0.2, 0) is 11.3 Å². The summed E-state index contributed by atoms with van der Waals surface area (Å²) in [5.41, 5.74) is 2.00. The van der Waals surface area contributed by atoms with Gasteiger partial charge < -0.3 is 20.7 Å². The number of benzene rings is 1. The Morgan fingerprint density at radius 2 is 1.88 bits per heavy atom. The Morgan fingerprint density at radius 3 is 2.48 bits per heavy atom. The number of alkyl carbamates (subject to hydrolysis) is 1. The van der Waals surface area contributed by atoms with Crippen LogP contribution in [0.25, 0.3) is 0 Å². The van der Waals surface area contributed by atoms with Crippen LogP contribution < -0.4 is 16.0 Å². The number of carbonyl (C=O) groups excluding carboxylic acids is 1. The number of guanidine groups is 1. The predicted octanol–water partition coefficient (Wildman–Crippen LogP) is 2.91. The van der Waals surface area contributed by atoms with Crippen molar-refractivity contribution in [3.05, 3.63) is 29.3 Å². The summed E-state index contributed by atoms with van der Waals surface area (Å²) in [5, 5.41) is 9.16. The number of aliphatic imine (C=N–C) groups is 1. The average molecular weight is 367 g/mol. The molecular weight excluding hydrogens is 336 g/mol. The van der Waals surface area contributed by atoms with Gasteiger partial charge >= 0.3 is 6.09 Å². The number of nitrogens with zero attached hydrogens (tertiary/aromatic N) is 1. The number of rotatable bonds is 6. The van der Waals surface area contributed by atoms with Gasteiger partial charge in [-0.3, -0.25) is 4.99 Å². The molecule has 0 spiro atoms. The molecule has 0 saturated carbocycles. The lowest BCUT2D eigenvalue weighted by Crippen LogP contribution is -2.42. The van der Waals surface area contributed by atoms with Crippen molar-refractivity contribution >= 4 is 23.8 Å². The van der Waals surface area contributed by atoms with Gasteiger partial charge in [0.25, 0.3) is 0 Å². The van der Waals surface area contributed by atoms with Crippen LogP contribution in [-0.4, -0.2) is 44.0 Å². The van der Waals surface area contributed by atoms with Gasteiger partial charge in [-0.05, 0) is 51.1 Å². The summed E-state index contributed by atoms with van der Waals surface area (Å²) in [6.07, 6.45) is 1.66. The standard InChI is InChI=1S/C18H30N4O2S/c1-13-7-8-14(15(11-13)25-6)12-22-16(19-5)20-9-10-21-17(23)24-18(2,3)4/h7-8,11H,9-10,12H2,1-6H3,(H,21,23)(H2,19,20,22). The number of thioether (sulfide) groups is 1. The quantitative estimate of drug-likeness (QED) is 0.312. The first-order chi connectivity index (χ1) is 11.7. The van der Waals surface area contributed by atoms with Crippen LogP contribution in [0.2, 0.25) is 0 Å².